The van der Waals surface area contributed by atoms with Gasteiger partial charge in [-0.2, -0.15) is 10.2 Å². The van der Waals surface area contributed by atoms with E-state index in [0.29, 0.717) is 0 Å². The first kappa shape index (κ1) is 7.46. The van der Waals surface area contributed by atoms with Crippen LogP contribution in [0.25, 0.3) is 0 Å². The molecule has 1 N–H and O–H groups in total. The summed E-state index contributed by atoms with van der Waals surface area (Å²) in [4.78, 5) is 10.8. The fraction of sp³-hybridized carbons (Fsp3) is 0.167. The molecule has 11 heavy (non-hydrogen) atoms. The second-order valence-corrected chi connectivity index (χ2v) is 1.78. The molecule has 1 aromatic rings. The van der Waals surface area contributed by atoms with Crippen LogP contribution in [0, 0.1) is 0 Å². The predicted molar refractivity (Wildman–Crippen MR) is 35.0 cm³/mol. The highest BCUT2D eigenvalue weighted by atomic mass is 16.5. The van der Waals surface area contributed by atoms with Crippen molar-refractivity contribution in [1.82, 2.24) is 10.2 Å². The smallest absolute Gasteiger partial charge is 0.343 e. The summed E-state index contributed by atoms with van der Waals surface area (Å²) in [6.07, 6.45) is 2.22. The Hall–Kier alpha value is -1.65. The van der Waals surface area contributed by atoms with Crippen LogP contribution >= 0.6 is 0 Å². The molecule has 5 heteroatoms. The Balaban J connectivity index is 3.03. The maximum atomic E-state index is 10.8. The third-order valence-electron chi connectivity index (χ3n) is 1.11. The van der Waals surface area contributed by atoms with Gasteiger partial charge in [-0.1, -0.05) is 0 Å². The van der Waals surface area contributed by atoms with Gasteiger partial charge < -0.3 is 9.84 Å². The monoisotopic (exact) mass is 154 g/mol. The number of hydrogen-bond donors (Lipinski definition) is 1. The first-order valence-corrected chi connectivity index (χ1v) is 2.83. The Morgan fingerprint density at radius 1 is 1.55 bits per heavy atom. The average Bonchev–Trinajstić information content (AvgIpc) is 2.04. The van der Waals surface area contributed by atoms with E-state index < -0.39 is 5.97 Å². The van der Waals surface area contributed by atoms with Gasteiger partial charge in [-0.15, -0.1) is 0 Å². The summed E-state index contributed by atoms with van der Waals surface area (Å²) in [5.74, 6) is -0.857. The zero-order valence-electron chi connectivity index (χ0n) is 5.81. The predicted octanol–water partition coefficient (Wildman–Crippen LogP) is -0.0312. The van der Waals surface area contributed by atoms with Crippen LogP contribution in [0.2, 0.25) is 0 Å². The average molecular weight is 154 g/mol. The molecular formula is C6H6N2O3. The van der Waals surface area contributed by atoms with Crippen LogP contribution in [0.5, 0.6) is 5.75 Å². The fourth-order valence-electron chi connectivity index (χ4n) is 0.582. The van der Waals surface area contributed by atoms with E-state index >= 15 is 0 Å². The summed E-state index contributed by atoms with van der Waals surface area (Å²) in [5, 5.41) is 15.8. The van der Waals surface area contributed by atoms with Crippen molar-refractivity contribution in [2.45, 2.75) is 0 Å². The largest absolute Gasteiger partial charge is 0.505 e. The quantitative estimate of drug-likeness (QED) is 0.575. The number of ether oxygens (including phenoxy) is 1. The molecule has 0 saturated heterocycles. The lowest BCUT2D eigenvalue weighted by Gasteiger charge is -1.98. The Morgan fingerprint density at radius 2 is 2.18 bits per heavy atom. The molecule has 0 fully saturated rings. The van der Waals surface area contributed by atoms with Crippen molar-refractivity contribution < 1.29 is 14.6 Å². The minimum Gasteiger partial charge on any atom is -0.505 e. The lowest BCUT2D eigenvalue weighted by Crippen LogP contribution is -2.02. The number of aromatic hydroxyl groups is 1. The van der Waals surface area contributed by atoms with E-state index in [9.17, 15) is 4.79 Å². The van der Waals surface area contributed by atoms with Gasteiger partial charge in [0.05, 0.1) is 19.5 Å². The zero-order valence-corrected chi connectivity index (χ0v) is 5.81. The molecule has 0 radical (unpaired) electrons. The number of hydrogen-bond acceptors (Lipinski definition) is 5. The van der Waals surface area contributed by atoms with Crippen LogP contribution in [0.3, 0.4) is 0 Å². The standard InChI is InChI=1S/C6H6N2O3/c1-11-6(10)4-2-7-8-3-5(4)9/h2-3H,1H3,(H,7,9). The van der Waals surface area contributed by atoms with Crippen molar-refractivity contribution in [3.05, 3.63) is 18.0 Å². The van der Waals surface area contributed by atoms with Crippen LogP contribution in [-0.4, -0.2) is 28.4 Å². The summed E-state index contributed by atoms with van der Waals surface area (Å²) in [5.41, 5.74) is 0.0162. The fourth-order valence-corrected chi connectivity index (χ4v) is 0.582. The van der Waals surface area contributed by atoms with Gasteiger partial charge in [0, 0.05) is 0 Å². The maximum Gasteiger partial charge on any atom is 0.343 e. The number of aromatic nitrogens is 2. The Morgan fingerprint density at radius 3 is 2.73 bits per heavy atom. The summed E-state index contributed by atoms with van der Waals surface area (Å²) in [7, 11) is 1.22. The number of esters is 1. The summed E-state index contributed by atoms with van der Waals surface area (Å²) < 4.78 is 4.35. The molecule has 1 rings (SSSR count). The number of nitrogens with zero attached hydrogens (tertiary/aromatic N) is 2. The van der Waals surface area contributed by atoms with Gasteiger partial charge in [0.15, 0.2) is 5.75 Å². The van der Waals surface area contributed by atoms with Crippen LogP contribution in [-0.2, 0) is 4.74 Å². The number of carbonyl (C=O) groups excluding carboxylic acids is 1. The van der Waals surface area contributed by atoms with Crippen molar-refractivity contribution in [3.63, 3.8) is 0 Å². The molecule has 0 saturated carbocycles. The van der Waals surface area contributed by atoms with Crippen LogP contribution < -0.4 is 0 Å². The normalized spacial score (nSPS) is 9.18. The van der Waals surface area contributed by atoms with E-state index in [1.165, 1.54) is 7.11 Å². The number of carbonyl (C=O) groups is 1. The maximum absolute atomic E-state index is 10.8. The third kappa shape index (κ3) is 1.43. The van der Waals surface area contributed by atoms with E-state index in [1.807, 2.05) is 0 Å². The first-order valence-electron chi connectivity index (χ1n) is 2.83. The Labute approximate surface area is 62.6 Å². The highest BCUT2D eigenvalue weighted by Crippen LogP contribution is 2.12. The van der Waals surface area contributed by atoms with Gasteiger partial charge in [0.2, 0.25) is 0 Å². The minimum absolute atomic E-state index is 0.0162. The van der Waals surface area contributed by atoms with E-state index in [2.05, 4.69) is 14.9 Å². The Bertz CT molecular complexity index is 274. The first-order chi connectivity index (χ1) is 5.25. The van der Waals surface area contributed by atoms with E-state index in [-0.39, 0.29) is 11.3 Å². The Kier molecular flexibility index (Phi) is 2.00. The van der Waals surface area contributed by atoms with Gasteiger partial charge in [-0.25, -0.2) is 4.79 Å². The highest BCUT2D eigenvalue weighted by molar-refractivity contribution is 5.91. The summed E-state index contributed by atoms with van der Waals surface area (Å²) in [6.45, 7) is 0. The molecule has 0 bridgehead atoms. The highest BCUT2D eigenvalue weighted by Gasteiger charge is 2.10. The molecule has 1 heterocycles. The molecule has 0 aliphatic rings. The van der Waals surface area contributed by atoms with E-state index in [1.54, 1.807) is 0 Å². The number of rotatable bonds is 1. The molecule has 0 unspecified atom stereocenters. The topological polar surface area (TPSA) is 72.3 Å². The van der Waals surface area contributed by atoms with Gasteiger partial charge >= 0.3 is 5.97 Å². The van der Waals surface area contributed by atoms with Gasteiger partial charge in [-0.3, -0.25) is 0 Å². The summed E-state index contributed by atoms with van der Waals surface area (Å²) in [6, 6.07) is 0. The SMILES string of the molecule is COC(=O)c1cnncc1O. The second kappa shape index (κ2) is 2.96. The third-order valence-corrected chi connectivity index (χ3v) is 1.11. The minimum atomic E-state index is -0.627. The molecule has 0 aromatic carbocycles. The molecule has 58 valence electrons. The van der Waals surface area contributed by atoms with Crippen molar-refractivity contribution in [1.29, 1.82) is 0 Å². The molecule has 0 atom stereocenters. The lowest BCUT2D eigenvalue weighted by molar-refractivity contribution is 0.0596. The molecular weight excluding hydrogens is 148 g/mol. The van der Waals surface area contributed by atoms with Crippen molar-refractivity contribution in [2.24, 2.45) is 0 Å². The molecule has 5 nitrogen and oxygen atoms in total. The molecule has 0 spiro atoms. The molecule has 0 amide bonds. The van der Waals surface area contributed by atoms with E-state index in [4.69, 9.17) is 5.11 Å². The second-order valence-electron chi connectivity index (χ2n) is 1.78. The molecule has 0 aliphatic heterocycles. The van der Waals surface area contributed by atoms with E-state index in [0.717, 1.165) is 12.4 Å². The van der Waals surface area contributed by atoms with Crippen LogP contribution in [0.4, 0.5) is 0 Å². The van der Waals surface area contributed by atoms with Crippen LogP contribution in [0.15, 0.2) is 12.4 Å². The van der Waals surface area contributed by atoms with Gasteiger partial charge in [0.1, 0.15) is 5.56 Å². The van der Waals surface area contributed by atoms with Crippen molar-refractivity contribution in [3.8, 4) is 5.75 Å². The molecule has 1 aromatic heterocycles. The van der Waals surface area contributed by atoms with Gasteiger partial charge in [0.25, 0.3) is 0 Å². The summed E-state index contributed by atoms with van der Waals surface area (Å²) >= 11 is 0. The van der Waals surface area contributed by atoms with Crippen molar-refractivity contribution >= 4 is 5.97 Å². The lowest BCUT2D eigenvalue weighted by atomic mass is 10.3. The van der Waals surface area contributed by atoms with Crippen molar-refractivity contribution in [2.75, 3.05) is 7.11 Å². The molecule has 0 aliphatic carbocycles. The number of methoxy groups -OCH3 is 1. The van der Waals surface area contributed by atoms with Crippen LogP contribution in [0.1, 0.15) is 10.4 Å². The van der Waals surface area contributed by atoms with Gasteiger partial charge in [-0.05, 0) is 0 Å². The zero-order chi connectivity index (χ0) is 8.27.